The van der Waals surface area contributed by atoms with Crippen LogP contribution in [-0.2, 0) is 0 Å². The number of nitrogens with one attached hydrogen (secondary N) is 1. The van der Waals surface area contributed by atoms with Crippen LogP contribution in [0.4, 0.5) is 5.69 Å². The summed E-state index contributed by atoms with van der Waals surface area (Å²) < 4.78 is 0. The fraction of sp³-hybridized carbons (Fsp3) is 0.250. The van der Waals surface area contributed by atoms with Crippen molar-refractivity contribution in [3.63, 3.8) is 0 Å². The highest BCUT2D eigenvalue weighted by Crippen LogP contribution is 2.04. The van der Waals surface area contributed by atoms with E-state index in [1.54, 1.807) is 0 Å². The van der Waals surface area contributed by atoms with Crippen molar-refractivity contribution in [1.29, 1.82) is 0 Å². The molecular weight excluding hydrogens is 283 g/mol. The van der Waals surface area contributed by atoms with Gasteiger partial charge in [-0.2, -0.15) is 12.6 Å². The summed E-state index contributed by atoms with van der Waals surface area (Å²) in [5, 5.41) is 3.20. The zero-order valence-corrected chi connectivity index (χ0v) is 9.76. The van der Waals surface area contributed by atoms with Gasteiger partial charge in [0, 0.05) is 5.69 Å². The highest BCUT2D eigenvalue weighted by atomic mass is 127. The maximum absolute atomic E-state index is 4.12. The number of hydrogen-bond donors (Lipinski definition) is 3. The van der Waals surface area contributed by atoms with Gasteiger partial charge >= 0.3 is 0 Å². The van der Waals surface area contributed by atoms with Crippen LogP contribution in [0.25, 0.3) is 0 Å². The fourth-order valence-electron chi connectivity index (χ4n) is 0.816. The minimum atomic E-state index is 0. The lowest BCUT2D eigenvalue weighted by molar-refractivity contribution is -0.402. The molecule has 1 aromatic carbocycles. The Kier molecular flexibility index (Phi) is 6.60. The molecule has 1 aromatic rings. The van der Waals surface area contributed by atoms with E-state index in [2.05, 4.69) is 23.7 Å². The van der Waals surface area contributed by atoms with Crippen molar-refractivity contribution in [1.82, 2.24) is 0 Å². The number of quaternary nitrogens is 1. The van der Waals surface area contributed by atoms with E-state index in [-0.39, 0.29) is 30.1 Å². The van der Waals surface area contributed by atoms with Crippen molar-refractivity contribution >= 4 is 18.3 Å². The summed E-state index contributed by atoms with van der Waals surface area (Å²) in [6.07, 6.45) is 0.181. The maximum Gasteiger partial charge on any atom is 0.166 e. The van der Waals surface area contributed by atoms with Crippen LogP contribution in [-0.4, -0.2) is 11.9 Å². The van der Waals surface area contributed by atoms with Gasteiger partial charge in [-0.3, -0.25) is 0 Å². The van der Waals surface area contributed by atoms with Crippen LogP contribution in [0, 0.1) is 0 Å². The number of hydrogen-bond acceptors (Lipinski definition) is 2. The fourth-order valence-corrected chi connectivity index (χ4v) is 0.907. The second kappa shape index (κ2) is 6.56. The quantitative estimate of drug-likeness (QED) is 0.325. The van der Waals surface area contributed by atoms with E-state index in [0.717, 1.165) is 11.4 Å². The molecular formula is C8H13IN2S. The molecule has 0 fully saturated rings. The second-order valence-corrected chi connectivity index (χ2v) is 2.76. The van der Waals surface area contributed by atoms with Crippen molar-refractivity contribution in [3.8, 4) is 0 Å². The van der Waals surface area contributed by atoms with Crippen molar-refractivity contribution in [2.45, 2.75) is 6.17 Å². The van der Waals surface area contributed by atoms with Gasteiger partial charge in [-0.1, -0.05) is 18.2 Å². The van der Waals surface area contributed by atoms with Crippen molar-refractivity contribution in [2.75, 3.05) is 11.1 Å². The van der Waals surface area contributed by atoms with Gasteiger partial charge in [-0.15, -0.1) is 0 Å². The molecule has 0 bridgehead atoms. The van der Waals surface area contributed by atoms with Crippen LogP contribution in [0.3, 0.4) is 0 Å². The van der Waals surface area contributed by atoms with E-state index in [1.165, 1.54) is 0 Å². The normalized spacial score (nSPS) is 11.5. The molecule has 0 saturated carbocycles. The largest absolute Gasteiger partial charge is 1.00 e. The van der Waals surface area contributed by atoms with Crippen LogP contribution < -0.4 is 35.0 Å². The van der Waals surface area contributed by atoms with Crippen LogP contribution in [0.1, 0.15) is 0 Å². The first kappa shape index (κ1) is 12.1. The lowest BCUT2D eigenvalue weighted by Gasteiger charge is -2.08. The molecule has 0 aliphatic heterocycles. The molecule has 0 heterocycles. The average molecular weight is 296 g/mol. The smallest absolute Gasteiger partial charge is 0.166 e. The Morgan fingerprint density at radius 3 is 2.42 bits per heavy atom. The highest BCUT2D eigenvalue weighted by molar-refractivity contribution is 7.80. The molecule has 0 aliphatic carbocycles. The molecule has 2 nitrogen and oxygen atoms in total. The molecule has 0 spiro atoms. The van der Waals surface area contributed by atoms with Crippen molar-refractivity contribution < 1.29 is 29.7 Å². The minimum absolute atomic E-state index is 0. The Morgan fingerprint density at radius 2 is 1.92 bits per heavy atom. The highest BCUT2D eigenvalue weighted by Gasteiger charge is 1.99. The van der Waals surface area contributed by atoms with E-state index >= 15 is 0 Å². The lowest BCUT2D eigenvalue weighted by Crippen LogP contribution is -3.00. The van der Waals surface area contributed by atoms with E-state index in [0.29, 0.717) is 0 Å². The number of anilines is 1. The Labute approximate surface area is 95.3 Å². The molecule has 4 N–H and O–H groups in total. The Morgan fingerprint density at radius 1 is 1.33 bits per heavy atom. The molecule has 1 atom stereocenters. The zero-order chi connectivity index (χ0) is 8.10. The average Bonchev–Trinajstić information content (AvgIpc) is 2.06. The zero-order valence-electron chi connectivity index (χ0n) is 6.70. The molecule has 0 radical (unpaired) electrons. The summed E-state index contributed by atoms with van der Waals surface area (Å²) in [6.45, 7) is 0. The lowest BCUT2D eigenvalue weighted by atomic mass is 10.3. The summed E-state index contributed by atoms with van der Waals surface area (Å²) in [6, 6.07) is 10.0. The number of thiol groups is 1. The third kappa shape index (κ3) is 4.18. The number of para-hydroxylation sites is 1. The van der Waals surface area contributed by atoms with Crippen LogP contribution in [0.2, 0.25) is 0 Å². The molecule has 1 unspecified atom stereocenters. The summed E-state index contributed by atoms with van der Waals surface area (Å²) in [4.78, 5) is 0. The third-order valence-electron chi connectivity index (χ3n) is 1.36. The van der Waals surface area contributed by atoms with Crippen molar-refractivity contribution in [2.24, 2.45) is 0 Å². The van der Waals surface area contributed by atoms with Gasteiger partial charge in [0.1, 0.15) is 0 Å². The van der Waals surface area contributed by atoms with E-state index in [4.69, 9.17) is 0 Å². The number of benzene rings is 1. The van der Waals surface area contributed by atoms with Gasteiger partial charge in [-0.05, 0) is 12.1 Å². The monoisotopic (exact) mass is 296 g/mol. The number of halogens is 1. The molecule has 0 amide bonds. The van der Waals surface area contributed by atoms with Gasteiger partial charge in [-0.25, -0.2) is 0 Å². The van der Waals surface area contributed by atoms with Gasteiger partial charge in [0.25, 0.3) is 0 Å². The van der Waals surface area contributed by atoms with Gasteiger partial charge < -0.3 is 35.0 Å². The molecule has 1 rings (SSSR count). The Hall–Kier alpha value is 0.0600. The molecule has 12 heavy (non-hydrogen) atoms. The van der Waals surface area contributed by atoms with Crippen LogP contribution in [0.15, 0.2) is 30.3 Å². The predicted molar refractivity (Wildman–Crippen MR) is 50.6 cm³/mol. The summed E-state index contributed by atoms with van der Waals surface area (Å²) in [5.41, 5.74) is 4.96. The first-order chi connectivity index (χ1) is 5.33. The molecule has 0 aliphatic rings. The Balaban J connectivity index is 0.00000121. The molecule has 68 valence electrons. The van der Waals surface area contributed by atoms with Gasteiger partial charge in [0.2, 0.25) is 0 Å². The standard InChI is InChI=1S/C8H12N2S.HI/c9-8(6-11)10-7-4-2-1-3-5-7;/h1-5,8,10-11H,6,9H2;1H. The maximum atomic E-state index is 4.12. The first-order valence-corrected chi connectivity index (χ1v) is 4.21. The molecule has 4 heteroatoms. The summed E-state index contributed by atoms with van der Waals surface area (Å²) in [5.74, 6) is 0.745. The first-order valence-electron chi connectivity index (χ1n) is 3.58. The van der Waals surface area contributed by atoms with E-state index in [1.807, 2.05) is 30.3 Å². The molecule has 0 aromatic heterocycles. The third-order valence-corrected chi connectivity index (χ3v) is 1.81. The van der Waals surface area contributed by atoms with Crippen LogP contribution in [0.5, 0.6) is 0 Å². The van der Waals surface area contributed by atoms with E-state index in [9.17, 15) is 0 Å². The minimum Gasteiger partial charge on any atom is -1.00 e. The Bertz CT molecular complexity index is 205. The van der Waals surface area contributed by atoms with Crippen molar-refractivity contribution in [3.05, 3.63) is 30.3 Å². The SMILES string of the molecule is [I-].[NH3+]C(CS)Nc1ccccc1. The molecule has 0 saturated heterocycles. The van der Waals surface area contributed by atoms with Gasteiger partial charge in [0.15, 0.2) is 6.17 Å². The predicted octanol–water partition coefficient (Wildman–Crippen LogP) is -2.40. The van der Waals surface area contributed by atoms with Gasteiger partial charge in [0.05, 0.1) is 5.75 Å². The van der Waals surface area contributed by atoms with E-state index < -0.39 is 0 Å². The van der Waals surface area contributed by atoms with Crippen LogP contribution >= 0.6 is 12.6 Å². The summed E-state index contributed by atoms with van der Waals surface area (Å²) >= 11 is 4.12. The topological polar surface area (TPSA) is 39.7 Å². The second-order valence-electron chi connectivity index (χ2n) is 2.39. The summed E-state index contributed by atoms with van der Waals surface area (Å²) in [7, 11) is 0. The number of rotatable bonds is 3.